The zero-order valence-corrected chi connectivity index (χ0v) is 17.4. The van der Waals surface area contributed by atoms with E-state index >= 15 is 0 Å². The van der Waals surface area contributed by atoms with Gasteiger partial charge in [0.05, 0.1) is 12.1 Å². The highest BCUT2D eigenvalue weighted by Crippen LogP contribution is 2.38. The Morgan fingerprint density at radius 2 is 1.83 bits per heavy atom. The van der Waals surface area contributed by atoms with Gasteiger partial charge in [-0.05, 0) is 49.4 Å². The van der Waals surface area contributed by atoms with Crippen molar-refractivity contribution in [3.05, 3.63) is 65.2 Å². The number of esters is 1. The number of carbonyl (C=O) groups excluding carboxylic acids is 3. The summed E-state index contributed by atoms with van der Waals surface area (Å²) in [4.78, 5) is 36.2. The smallest absolute Gasteiger partial charge is 0.338 e. The summed E-state index contributed by atoms with van der Waals surface area (Å²) in [5.74, 6) is -0.0905. The van der Waals surface area contributed by atoms with E-state index in [-0.39, 0.29) is 30.9 Å². The van der Waals surface area contributed by atoms with Gasteiger partial charge in [0.15, 0.2) is 0 Å². The van der Waals surface area contributed by atoms with Crippen LogP contribution in [0.2, 0.25) is 0 Å². The molecule has 2 N–H and O–H groups in total. The van der Waals surface area contributed by atoms with Crippen molar-refractivity contribution in [2.24, 2.45) is 11.8 Å². The lowest BCUT2D eigenvalue weighted by molar-refractivity contribution is -0.121. The molecule has 0 aliphatic heterocycles. The second-order valence-corrected chi connectivity index (χ2v) is 7.86. The highest BCUT2D eigenvalue weighted by atomic mass is 16.5. The van der Waals surface area contributed by atoms with E-state index in [0.29, 0.717) is 30.0 Å². The summed E-state index contributed by atoms with van der Waals surface area (Å²) in [7, 11) is 0. The zero-order valence-electron chi connectivity index (χ0n) is 17.4. The van der Waals surface area contributed by atoms with Crippen LogP contribution in [0.4, 0.5) is 5.69 Å². The molecule has 1 aliphatic rings. The summed E-state index contributed by atoms with van der Waals surface area (Å²) in [5, 5.41) is 5.60. The molecule has 0 heterocycles. The molecule has 0 saturated heterocycles. The Morgan fingerprint density at radius 1 is 1.10 bits per heavy atom. The molecule has 0 spiro atoms. The quantitative estimate of drug-likeness (QED) is 0.491. The van der Waals surface area contributed by atoms with Gasteiger partial charge >= 0.3 is 5.97 Å². The van der Waals surface area contributed by atoms with E-state index in [9.17, 15) is 14.4 Å². The molecule has 3 rings (SSSR count). The second-order valence-electron chi connectivity index (χ2n) is 7.86. The van der Waals surface area contributed by atoms with Crippen molar-refractivity contribution in [3.8, 4) is 0 Å². The molecule has 2 aromatic carbocycles. The molecular formula is C24H28N2O4. The molecule has 1 aliphatic carbocycles. The second kappa shape index (κ2) is 10.1. The number of aryl methyl sites for hydroxylation is 2. The topological polar surface area (TPSA) is 84.5 Å². The van der Waals surface area contributed by atoms with Crippen molar-refractivity contribution < 1.29 is 19.1 Å². The van der Waals surface area contributed by atoms with Crippen molar-refractivity contribution in [1.82, 2.24) is 5.32 Å². The average Bonchev–Trinajstić information content (AvgIpc) is 3.47. The van der Waals surface area contributed by atoms with Crippen LogP contribution in [0.25, 0.3) is 0 Å². The van der Waals surface area contributed by atoms with Gasteiger partial charge in [-0.2, -0.15) is 0 Å². The molecule has 0 radical (unpaired) electrons. The number of benzene rings is 2. The Bertz CT molecular complexity index is 908. The Labute approximate surface area is 177 Å². The summed E-state index contributed by atoms with van der Waals surface area (Å²) < 4.78 is 5.22. The minimum atomic E-state index is -0.486. The Morgan fingerprint density at radius 3 is 2.53 bits per heavy atom. The molecule has 30 heavy (non-hydrogen) atoms. The SMILES string of the molecule is Cc1ccc(CCC(=O)NCCOC(=O)c2cccc(NC(=O)C3CC3C)c2)cc1. The van der Waals surface area contributed by atoms with Crippen molar-refractivity contribution in [1.29, 1.82) is 0 Å². The number of amides is 2. The Balaban J connectivity index is 1.36. The third-order valence-electron chi connectivity index (χ3n) is 5.23. The molecule has 1 fully saturated rings. The Hall–Kier alpha value is -3.15. The third-order valence-corrected chi connectivity index (χ3v) is 5.23. The number of carbonyl (C=O) groups is 3. The van der Waals surface area contributed by atoms with E-state index in [0.717, 1.165) is 12.0 Å². The molecule has 2 atom stereocenters. The lowest BCUT2D eigenvalue weighted by Gasteiger charge is -2.09. The van der Waals surface area contributed by atoms with Gasteiger partial charge < -0.3 is 15.4 Å². The van der Waals surface area contributed by atoms with Crippen molar-refractivity contribution in [2.75, 3.05) is 18.5 Å². The molecule has 2 unspecified atom stereocenters. The molecule has 6 nitrogen and oxygen atoms in total. The molecule has 2 aromatic rings. The van der Waals surface area contributed by atoms with E-state index in [2.05, 4.69) is 10.6 Å². The van der Waals surface area contributed by atoms with Crippen LogP contribution in [0.5, 0.6) is 0 Å². The average molecular weight is 408 g/mol. The standard InChI is InChI=1S/C24H28N2O4/c1-16-6-8-18(9-7-16)10-11-22(27)25-12-13-30-24(29)19-4-3-5-20(15-19)26-23(28)21-14-17(21)2/h3-9,15,17,21H,10-14H2,1-2H3,(H,25,27)(H,26,28). The van der Waals surface area contributed by atoms with Crippen molar-refractivity contribution in [3.63, 3.8) is 0 Å². The van der Waals surface area contributed by atoms with Crippen LogP contribution < -0.4 is 10.6 Å². The summed E-state index contributed by atoms with van der Waals surface area (Å²) in [6.07, 6.45) is 1.96. The summed E-state index contributed by atoms with van der Waals surface area (Å²) >= 11 is 0. The fraction of sp³-hybridized carbons (Fsp3) is 0.375. The van der Waals surface area contributed by atoms with E-state index in [4.69, 9.17) is 4.74 Å². The normalized spacial score (nSPS) is 17.1. The van der Waals surface area contributed by atoms with Gasteiger partial charge in [-0.25, -0.2) is 4.79 Å². The van der Waals surface area contributed by atoms with Crippen molar-refractivity contribution >= 4 is 23.5 Å². The van der Waals surface area contributed by atoms with Crippen molar-refractivity contribution in [2.45, 2.75) is 33.1 Å². The maximum atomic E-state index is 12.2. The molecule has 0 aromatic heterocycles. The zero-order chi connectivity index (χ0) is 21.5. The fourth-order valence-electron chi connectivity index (χ4n) is 3.16. The van der Waals surface area contributed by atoms with Gasteiger partial charge in [0.25, 0.3) is 0 Å². The Kier molecular flexibility index (Phi) is 7.22. The lowest BCUT2D eigenvalue weighted by Crippen LogP contribution is -2.28. The number of nitrogens with one attached hydrogen (secondary N) is 2. The summed E-state index contributed by atoms with van der Waals surface area (Å²) in [5.41, 5.74) is 3.25. The highest BCUT2D eigenvalue weighted by Gasteiger charge is 2.39. The number of anilines is 1. The molecule has 2 amide bonds. The number of hydrogen-bond acceptors (Lipinski definition) is 4. The lowest BCUT2D eigenvalue weighted by atomic mass is 10.1. The summed E-state index contributed by atoms with van der Waals surface area (Å²) in [6.45, 7) is 4.41. The molecule has 158 valence electrons. The number of hydrogen-bond donors (Lipinski definition) is 2. The van der Waals surface area contributed by atoms with Crippen LogP contribution in [0.1, 0.15) is 41.3 Å². The monoisotopic (exact) mass is 408 g/mol. The van der Waals surface area contributed by atoms with Gasteiger partial charge in [-0.1, -0.05) is 42.8 Å². The van der Waals surface area contributed by atoms with Gasteiger partial charge in [0.2, 0.25) is 11.8 Å². The van der Waals surface area contributed by atoms with E-state index in [1.807, 2.05) is 38.1 Å². The van der Waals surface area contributed by atoms with E-state index < -0.39 is 5.97 Å². The largest absolute Gasteiger partial charge is 0.460 e. The number of rotatable bonds is 9. The van der Waals surface area contributed by atoms with Gasteiger partial charge in [-0.15, -0.1) is 0 Å². The van der Waals surface area contributed by atoms with Crippen LogP contribution in [0, 0.1) is 18.8 Å². The maximum absolute atomic E-state index is 12.2. The van der Waals surface area contributed by atoms with Crippen LogP contribution in [0.15, 0.2) is 48.5 Å². The van der Waals surface area contributed by atoms with Crippen LogP contribution >= 0.6 is 0 Å². The molecule has 0 bridgehead atoms. The first-order valence-electron chi connectivity index (χ1n) is 10.3. The number of ether oxygens (including phenoxy) is 1. The van der Waals surface area contributed by atoms with Crippen LogP contribution in [-0.2, 0) is 20.7 Å². The predicted molar refractivity (Wildman–Crippen MR) is 115 cm³/mol. The third kappa shape index (κ3) is 6.44. The fourth-order valence-corrected chi connectivity index (χ4v) is 3.16. The van der Waals surface area contributed by atoms with Gasteiger partial charge in [0.1, 0.15) is 6.61 Å². The van der Waals surface area contributed by atoms with E-state index in [1.165, 1.54) is 5.56 Å². The molecular weight excluding hydrogens is 380 g/mol. The predicted octanol–water partition coefficient (Wildman–Crippen LogP) is 3.50. The first kappa shape index (κ1) is 21.6. The minimum absolute atomic E-state index is 0.0126. The summed E-state index contributed by atoms with van der Waals surface area (Å²) in [6, 6.07) is 14.8. The first-order valence-corrected chi connectivity index (χ1v) is 10.3. The van der Waals surface area contributed by atoms with Crippen LogP contribution in [-0.4, -0.2) is 30.9 Å². The van der Waals surface area contributed by atoms with E-state index in [1.54, 1.807) is 24.3 Å². The van der Waals surface area contributed by atoms with Crippen LogP contribution in [0.3, 0.4) is 0 Å². The first-order chi connectivity index (χ1) is 14.4. The van der Waals surface area contributed by atoms with Gasteiger partial charge in [-0.3, -0.25) is 9.59 Å². The maximum Gasteiger partial charge on any atom is 0.338 e. The highest BCUT2D eigenvalue weighted by molar-refractivity contribution is 5.96. The molecule has 1 saturated carbocycles. The molecule has 6 heteroatoms. The minimum Gasteiger partial charge on any atom is -0.460 e. The van der Waals surface area contributed by atoms with Gasteiger partial charge in [0, 0.05) is 18.0 Å².